The fourth-order valence-electron chi connectivity index (χ4n) is 1.59. The lowest BCUT2D eigenvalue weighted by atomic mass is 9.86. The molecule has 0 aromatic heterocycles. The van der Waals surface area contributed by atoms with Crippen LogP contribution in [-0.2, 0) is 9.59 Å². The molecule has 4 nitrogen and oxygen atoms in total. The van der Waals surface area contributed by atoms with Crippen molar-refractivity contribution in [3.05, 3.63) is 48.3 Å². The molecule has 0 heterocycles. The van der Waals surface area contributed by atoms with Crippen LogP contribution in [0.5, 0.6) is 0 Å². The number of rotatable bonds is 5. The average Bonchev–Trinajstić information content (AvgIpc) is 2.24. The number of halogens is 1. The molecule has 0 saturated carbocycles. The average molecular weight is 238 g/mol. The van der Waals surface area contributed by atoms with Gasteiger partial charge < -0.3 is 10.2 Å². The second-order valence-corrected chi connectivity index (χ2v) is 3.47. The van der Waals surface area contributed by atoms with Crippen molar-refractivity contribution < 1.29 is 24.2 Å². The van der Waals surface area contributed by atoms with Gasteiger partial charge in [-0.2, -0.15) is 0 Å². The summed E-state index contributed by atoms with van der Waals surface area (Å²) in [4.78, 5) is 21.8. The van der Waals surface area contributed by atoms with E-state index in [-0.39, 0.29) is 5.56 Å². The van der Waals surface area contributed by atoms with E-state index in [9.17, 15) is 14.0 Å². The van der Waals surface area contributed by atoms with E-state index < -0.39 is 29.6 Å². The van der Waals surface area contributed by atoms with E-state index in [1.807, 2.05) is 0 Å². The summed E-state index contributed by atoms with van der Waals surface area (Å²) < 4.78 is 13.0. The van der Waals surface area contributed by atoms with Gasteiger partial charge in [0.05, 0.1) is 0 Å². The normalized spacial score (nSPS) is 12.1. The van der Waals surface area contributed by atoms with Crippen molar-refractivity contribution in [2.45, 2.75) is 5.92 Å². The Morgan fingerprint density at radius 2 is 1.88 bits per heavy atom. The summed E-state index contributed by atoms with van der Waals surface area (Å²) in [5.41, 5.74) is 0.273. The molecular formula is C12H11FO4. The standard InChI is InChI=1S/C12H11FO4/c1-2-9(10(11(14)15)12(16)17)7-4-3-5-8(13)6-7/h2-6,9-10H,1H2,(H,14,15)(H,16,17)/t9-/m0/s1. The Morgan fingerprint density at radius 3 is 2.29 bits per heavy atom. The van der Waals surface area contributed by atoms with E-state index in [2.05, 4.69) is 6.58 Å². The van der Waals surface area contributed by atoms with Gasteiger partial charge in [0, 0.05) is 5.92 Å². The number of carbonyl (C=O) groups is 2. The third kappa shape index (κ3) is 2.90. The van der Waals surface area contributed by atoms with E-state index in [1.165, 1.54) is 24.3 Å². The Hall–Kier alpha value is -2.17. The number of allylic oxidation sites excluding steroid dienone is 1. The first-order chi connectivity index (χ1) is 7.97. The number of carboxylic acid groups (broad SMARTS) is 2. The monoisotopic (exact) mass is 238 g/mol. The summed E-state index contributed by atoms with van der Waals surface area (Å²) in [6, 6.07) is 5.15. The summed E-state index contributed by atoms with van der Waals surface area (Å²) in [5.74, 6) is -6.16. The van der Waals surface area contributed by atoms with Gasteiger partial charge in [-0.05, 0) is 17.7 Å². The van der Waals surface area contributed by atoms with Gasteiger partial charge in [0.25, 0.3) is 0 Å². The first kappa shape index (κ1) is 12.9. The zero-order valence-electron chi connectivity index (χ0n) is 8.84. The Morgan fingerprint density at radius 1 is 1.29 bits per heavy atom. The minimum atomic E-state index is -1.67. The quantitative estimate of drug-likeness (QED) is 0.606. The number of carboxylic acids is 2. The molecule has 0 fully saturated rings. The van der Waals surface area contributed by atoms with Crippen LogP contribution in [0, 0.1) is 11.7 Å². The Labute approximate surface area is 97.0 Å². The molecule has 1 aromatic carbocycles. The van der Waals surface area contributed by atoms with E-state index in [1.54, 1.807) is 0 Å². The highest BCUT2D eigenvalue weighted by Gasteiger charge is 2.34. The van der Waals surface area contributed by atoms with Crippen molar-refractivity contribution in [2.75, 3.05) is 0 Å². The van der Waals surface area contributed by atoms with Gasteiger partial charge in [-0.1, -0.05) is 18.2 Å². The molecule has 0 spiro atoms. The van der Waals surface area contributed by atoms with Crippen LogP contribution < -0.4 is 0 Å². The first-order valence-electron chi connectivity index (χ1n) is 4.81. The molecule has 0 saturated heterocycles. The number of aliphatic carboxylic acids is 2. The second-order valence-electron chi connectivity index (χ2n) is 3.47. The maximum atomic E-state index is 13.0. The smallest absolute Gasteiger partial charge is 0.318 e. The van der Waals surface area contributed by atoms with Crippen LogP contribution in [0.3, 0.4) is 0 Å². The highest BCUT2D eigenvalue weighted by molar-refractivity contribution is 5.94. The molecule has 0 amide bonds. The minimum Gasteiger partial charge on any atom is -0.481 e. The topological polar surface area (TPSA) is 74.6 Å². The van der Waals surface area contributed by atoms with Gasteiger partial charge in [-0.25, -0.2) is 4.39 Å². The van der Waals surface area contributed by atoms with Crippen LogP contribution in [-0.4, -0.2) is 22.2 Å². The van der Waals surface area contributed by atoms with Crippen LogP contribution >= 0.6 is 0 Å². The Balaban J connectivity index is 3.17. The highest BCUT2D eigenvalue weighted by atomic mass is 19.1. The SMILES string of the molecule is C=C[C@@H](c1cccc(F)c1)C(C(=O)O)C(=O)O. The lowest BCUT2D eigenvalue weighted by Crippen LogP contribution is -2.29. The molecule has 90 valence electrons. The summed E-state index contributed by atoms with van der Waals surface area (Å²) in [6.45, 7) is 3.40. The predicted octanol–water partition coefficient (Wildman–Crippen LogP) is 1.88. The molecule has 0 unspecified atom stereocenters. The van der Waals surface area contributed by atoms with Gasteiger partial charge in [-0.15, -0.1) is 6.58 Å². The zero-order valence-corrected chi connectivity index (χ0v) is 8.84. The van der Waals surface area contributed by atoms with Crippen molar-refractivity contribution in [3.8, 4) is 0 Å². The van der Waals surface area contributed by atoms with Crippen molar-refractivity contribution in [1.82, 2.24) is 0 Å². The number of hydrogen-bond donors (Lipinski definition) is 2. The number of benzene rings is 1. The molecule has 17 heavy (non-hydrogen) atoms. The zero-order chi connectivity index (χ0) is 13.0. The molecular weight excluding hydrogens is 227 g/mol. The lowest BCUT2D eigenvalue weighted by Gasteiger charge is -2.17. The van der Waals surface area contributed by atoms with Crippen LogP contribution in [0.1, 0.15) is 11.5 Å². The van der Waals surface area contributed by atoms with Crippen molar-refractivity contribution >= 4 is 11.9 Å². The van der Waals surface area contributed by atoms with Crippen molar-refractivity contribution in [3.63, 3.8) is 0 Å². The molecule has 0 radical (unpaired) electrons. The van der Waals surface area contributed by atoms with Gasteiger partial charge in [0.15, 0.2) is 5.92 Å². The third-order valence-corrected chi connectivity index (χ3v) is 2.38. The Bertz CT molecular complexity index is 442. The molecule has 0 aliphatic heterocycles. The summed E-state index contributed by atoms with van der Waals surface area (Å²) in [7, 11) is 0. The molecule has 1 rings (SSSR count). The van der Waals surface area contributed by atoms with Crippen LogP contribution in [0.2, 0.25) is 0 Å². The van der Waals surface area contributed by atoms with Gasteiger partial charge >= 0.3 is 11.9 Å². The molecule has 2 N–H and O–H groups in total. The fraction of sp³-hybridized carbons (Fsp3) is 0.167. The van der Waals surface area contributed by atoms with Gasteiger partial charge in [-0.3, -0.25) is 9.59 Å². The van der Waals surface area contributed by atoms with Crippen LogP contribution in [0.15, 0.2) is 36.9 Å². The van der Waals surface area contributed by atoms with Crippen molar-refractivity contribution in [1.29, 1.82) is 0 Å². The molecule has 5 heteroatoms. The van der Waals surface area contributed by atoms with Crippen LogP contribution in [0.25, 0.3) is 0 Å². The highest BCUT2D eigenvalue weighted by Crippen LogP contribution is 2.27. The minimum absolute atomic E-state index is 0.273. The first-order valence-corrected chi connectivity index (χ1v) is 4.81. The number of hydrogen-bond acceptors (Lipinski definition) is 2. The van der Waals surface area contributed by atoms with E-state index in [4.69, 9.17) is 10.2 Å². The summed E-state index contributed by atoms with van der Waals surface area (Å²) in [6.07, 6.45) is 1.20. The molecule has 0 aliphatic carbocycles. The molecule has 0 bridgehead atoms. The maximum absolute atomic E-state index is 13.0. The molecule has 1 aromatic rings. The third-order valence-electron chi connectivity index (χ3n) is 2.38. The summed E-state index contributed by atoms with van der Waals surface area (Å²) >= 11 is 0. The Kier molecular flexibility index (Phi) is 3.98. The van der Waals surface area contributed by atoms with Gasteiger partial charge in [0.1, 0.15) is 5.82 Å². The molecule has 1 atom stereocenters. The summed E-state index contributed by atoms with van der Waals surface area (Å²) in [5, 5.41) is 17.7. The maximum Gasteiger partial charge on any atom is 0.318 e. The van der Waals surface area contributed by atoms with E-state index in [0.29, 0.717) is 0 Å². The fourth-order valence-corrected chi connectivity index (χ4v) is 1.59. The predicted molar refractivity (Wildman–Crippen MR) is 58.1 cm³/mol. The van der Waals surface area contributed by atoms with Gasteiger partial charge in [0.2, 0.25) is 0 Å². The van der Waals surface area contributed by atoms with E-state index >= 15 is 0 Å². The lowest BCUT2D eigenvalue weighted by molar-refractivity contribution is -0.155. The van der Waals surface area contributed by atoms with Crippen molar-refractivity contribution in [2.24, 2.45) is 5.92 Å². The van der Waals surface area contributed by atoms with Crippen LogP contribution in [0.4, 0.5) is 4.39 Å². The molecule has 0 aliphatic rings. The second kappa shape index (κ2) is 5.25. The largest absolute Gasteiger partial charge is 0.481 e. The van der Waals surface area contributed by atoms with E-state index in [0.717, 1.165) is 6.07 Å².